The van der Waals surface area contributed by atoms with Crippen molar-refractivity contribution in [2.24, 2.45) is 0 Å². The molecule has 0 unspecified atom stereocenters. The van der Waals surface area contributed by atoms with Crippen molar-refractivity contribution in [1.82, 2.24) is 5.32 Å². The average molecular weight is 417 g/mol. The summed E-state index contributed by atoms with van der Waals surface area (Å²) in [6, 6.07) is 12.7. The van der Waals surface area contributed by atoms with Crippen LogP contribution in [0.1, 0.15) is 41.2 Å². The molecule has 2 aliphatic rings. The van der Waals surface area contributed by atoms with Gasteiger partial charge in [-0.1, -0.05) is 17.7 Å². The maximum Gasteiger partial charge on any atom is 0.253 e. The minimum atomic E-state index is -0.404. The SMILES string of the molecule is O=C(N[C@@H]1CCSc2ccc(Cl)cc21)c1cccc(NC(=O)[C@@H]2CCCO2)c1. The summed E-state index contributed by atoms with van der Waals surface area (Å²) in [5.74, 6) is 0.607. The Kier molecular flexibility index (Phi) is 5.90. The summed E-state index contributed by atoms with van der Waals surface area (Å²) in [6.45, 7) is 0.617. The molecule has 2 aromatic rings. The Morgan fingerprint density at radius 2 is 2.04 bits per heavy atom. The average Bonchev–Trinajstić information content (AvgIpc) is 3.24. The molecular formula is C21H21ClN2O3S. The van der Waals surface area contributed by atoms with Crippen molar-refractivity contribution in [2.45, 2.75) is 36.3 Å². The van der Waals surface area contributed by atoms with E-state index in [1.54, 1.807) is 36.0 Å². The zero-order valence-corrected chi connectivity index (χ0v) is 16.8. The molecule has 0 saturated carbocycles. The Morgan fingerprint density at radius 3 is 2.86 bits per heavy atom. The number of hydrogen-bond acceptors (Lipinski definition) is 4. The molecule has 146 valence electrons. The van der Waals surface area contributed by atoms with Crippen LogP contribution in [-0.4, -0.2) is 30.3 Å². The van der Waals surface area contributed by atoms with Crippen LogP contribution >= 0.6 is 23.4 Å². The lowest BCUT2D eigenvalue weighted by atomic mass is 10.0. The highest BCUT2D eigenvalue weighted by Gasteiger charge is 2.25. The lowest BCUT2D eigenvalue weighted by molar-refractivity contribution is -0.124. The first-order chi connectivity index (χ1) is 13.6. The van der Waals surface area contributed by atoms with Crippen molar-refractivity contribution in [3.05, 3.63) is 58.6 Å². The zero-order chi connectivity index (χ0) is 19.5. The van der Waals surface area contributed by atoms with E-state index in [4.69, 9.17) is 16.3 Å². The van der Waals surface area contributed by atoms with Crippen LogP contribution in [0.25, 0.3) is 0 Å². The van der Waals surface area contributed by atoms with Crippen LogP contribution in [-0.2, 0) is 9.53 Å². The molecule has 7 heteroatoms. The van der Waals surface area contributed by atoms with Gasteiger partial charge < -0.3 is 15.4 Å². The zero-order valence-electron chi connectivity index (χ0n) is 15.2. The Bertz CT molecular complexity index is 899. The third-order valence-electron chi connectivity index (χ3n) is 4.93. The van der Waals surface area contributed by atoms with Crippen molar-refractivity contribution in [2.75, 3.05) is 17.7 Å². The quantitative estimate of drug-likeness (QED) is 0.773. The third-order valence-corrected chi connectivity index (χ3v) is 6.29. The Morgan fingerprint density at radius 1 is 1.14 bits per heavy atom. The number of rotatable bonds is 4. The molecule has 2 atom stereocenters. The van der Waals surface area contributed by atoms with E-state index in [2.05, 4.69) is 10.6 Å². The monoisotopic (exact) mass is 416 g/mol. The minimum Gasteiger partial charge on any atom is -0.368 e. The normalized spacial score (nSPS) is 21.0. The molecular weight excluding hydrogens is 396 g/mol. The number of nitrogens with one attached hydrogen (secondary N) is 2. The Balaban J connectivity index is 1.46. The van der Waals surface area contributed by atoms with E-state index in [0.717, 1.165) is 35.5 Å². The number of anilines is 1. The molecule has 0 radical (unpaired) electrons. The number of hydrogen-bond donors (Lipinski definition) is 2. The van der Waals surface area contributed by atoms with Crippen LogP contribution in [0.3, 0.4) is 0 Å². The summed E-state index contributed by atoms with van der Waals surface area (Å²) in [5.41, 5.74) is 2.16. The van der Waals surface area contributed by atoms with Gasteiger partial charge in [-0.3, -0.25) is 9.59 Å². The van der Waals surface area contributed by atoms with E-state index in [0.29, 0.717) is 22.9 Å². The molecule has 4 rings (SSSR count). The second kappa shape index (κ2) is 8.55. The first-order valence-corrected chi connectivity index (χ1v) is 10.7. The molecule has 0 aromatic heterocycles. The second-order valence-electron chi connectivity index (χ2n) is 6.92. The summed E-state index contributed by atoms with van der Waals surface area (Å²) in [5, 5.41) is 6.61. The van der Waals surface area contributed by atoms with Gasteiger partial charge in [0.05, 0.1) is 6.04 Å². The fourth-order valence-electron chi connectivity index (χ4n) is 3.50. The number of fused-ring (bicyclic) bond motifs is 1. The van der Waals surface area contributed by atoms with E-state index in [-0.39, 0.29) is 17.9 Å². The van der Waals surface area contributed by atoms with E-state index >= 15 is 0 Å². The topological polar surface area (TPSA) is 67.4 Å². The Hall–Kier alpha value is -2.02. The minimum absolute atomic E-state index is 0.0763. The van der Waals surface area contributed by atoms with Gasteiger partial charge in [0, 0.05) is 33.5 Å². The summed E-state index contributed by atoms with van der Waals surface area (Å²) < 4.78 is 5.40. The van der Waals surface area contributed by atoms with Gasteiger partial charge in [-0.25, -0.2) is 0 Å². The van der Waals surface area contributed by atoms with Crippen LogP contribution in [0.5, 0.6) is 0 Å². The molecule has 1 fully saturated rings. The largest absolute Gasteiger partial charge is 0.368 e. The molecule has 0 bridgehead atoms. The van der Waals surface area contributed by atoms with Crippen molar-refractivity contribution in [3.8, 4) is 0 Å². The third kappa shape index (κ3) is 4.35. The first kappa shape index (κ1) is 19.3. The van der Waals surface area contributed by atoms with Crippen LogP contribution in [0.15, 0.2) is 47.4 Å². The van der Waals surface area contributed by atoms with Crippen LogP contribution in [0, 0.1) is 0 Å². The summed E-state index contributed by atoms with van der Waals surface area (Å²) in [7, 11) is 0. The molecule has 0 spiro atoms. The fraction of sp³-hybridized carbons (Fsp3) is 0.333. The molecule has 28 heavy (non-hydrogen) atoms. The molecule has 2 heterocycles. The first-order valence-electron chi connectivity index (χ1n) is 9.36. The van der Waals surface area contributed by atoms with E-state index in [1.807, 2.05) is 18.2 Å². The van der Waals surface area contributed by atoms with Crippen LogP contribution in [0.2, 0.25) is 5.02 Å². The molecule has 5 nitrogen and oxygen atoms in total. The predicted molar refractivity (Wildman–Crippen MR) is 111 cm³/mol. The van der Waals surface area contributed by atoms with Gasteiger partial charge in [0.25, 0.3) is 11.8 Å². The summed E-state index contributed by atoms with van der Waals surface area (Å²) in [4.78, 5) is 26.2. The Labute approximate surface area is 173 Å². The van der Waals surface area contributed by atoms with Crippen LogP contribution < -0.4 is 10.6 Å². The number of thioether (sulfide) groups is 1. The highest BCUT2D eigenvalue weighted by Crippen LogP contribution is 2.37. The number of carbonyl (C=O) groups is 2. The molecule has 1 saturated heterocycles. The van der Waals surface area contributed by atoms with Crippen molar-refractivity contribution in [1.29, 1.82) is 0 Å². The number of ether oxygens (including phenoxy) is 1. The maximum absolute atomic E-state index is 12.8. The fourth-order valence-corrected chi connectivity index (χ4v) is 4.79. The molecule has 2 aromatic carbocycles. The van der Waals surface area contributed by atoms with Crippen molar-refractivity contribution >= 4 is 40.9 Å². The molecule has 2 N–H and O–H groups in total. The van der Waals surface area contributed by atoms with Gasteiger partial charge in [0.1, 0.15) is 6.10 Å². The number of benzene rings is 2. The molecule has 2 amide bonds. The van der Waals surface area contributed by atoms with Gasteiger partial charge in [0.15, 0.2) is 0 Å². The lowest BCUT2D eigenvalue weighted by Crippen LogP contribution is -2.31. The van der Waals surface area contributed by atoms with E-state index in [9.17, 15) is 9.59 Å². The molecule has 0 aliphatic carbocycles. The second-order valence-corrected chi connectivity index (χ2v) is 8.49. The number of amides is 2. The van der Waals surface area contributed by atoms with E-state index in [1.165, 1.54) is 0 Å². The van der Waals surface area contributed by atoms with Gasteiger partial charge in [0.2, 0.25) is 0 Å². The number of carbonyl (C=O) groups excluding carboxylic acids is 2. The smallest absolute Gasteiger partial charge is 0.253 e. The lowest BCUT2D eigenvalue weighted by Gasteiger charge is -2.26. The van der Waals surface area contributed by atoms with Crippen molar-refractivity contribution < 1.29 is 14.3 Å². The predicted octanol–water partition coefficient (Wildman–Crippen LogP) is 4.42. The highest BCUT2D eigenvalue weighted by atomic mass is 35.5. The van der Waals surface area contributed by atoms with E-state index < -0.39 is 6.10 Å². The highest BCUT2D eigenvalue weighted by molar-refractivity contribution is 7.99. The maximum atomic E-state index is 12.8. The van der Waals surface area contributed by atoms with Gasteiger partial charge >= 0.3 is 0 Å². The molecule has 2 aliphatic heterocycles. The summed E-state index contributed by atoms with van der Waals surface area (Å²) in [6.07, 6.45) is 2.07. The van der Waals surface area contributed by atoms with Crippen LogP contribution in [0.4, 0.5) is 5.69 Å². The standard InChI is InChI=1S/C21H21ClN2O3S/c22-14-6-7-19-16(12-14)17(8-10-28-19)24-20(25)13-3-1-4-15(11-13)23-21(26)18-5-2-9-27-18/h1,3-4,6-7,11-12,17-18H,2,5,8-10H2,(H,23,26)(H,24,25)/t17-,18+/m1/s1. The van der Waals surface area contributed by atoms with Crippen molar-refractivity contribution in [3.63, 3.8) is 0 Å². The van der Waals surface area contributed by atoms with Gasteiger partial charge in [-0.15, -0.1) is 11.8 Å². The summed E-state index contributed by atoms with van der Waals surface area (Å²) >= 11 is 7.92. The van der Waals surface area contributed by atoms with Gasteiger partial charge in [-0.2, -0.15) is 0 Å². The number of halogens is 1. The van der Waals surface area contributed by atoms with Gasteiger partial charge in [-0.05, 0) is 61.2 Å².